The van der Waals surface area contributed by atoms with E-state index < -0.39 is 11.9 Å². The molecule has 0 fully saturated rings. The number of carbonyl (C=O) groups excluding carboxylic acids is 1. The third-order valence-corrected chi connectivity index (χ3v) is 3.00. The zero-order valence-electron chi connectivity index (χ0n) is 11.9. The van der Waals surface area contributed by atoms with Crippen LogP contribution in [-0.4, -0.2) is 42.4 Å². The van der Waals surface area contributed by atoms with Gasteiger partial charge in [-0.1, -0.05) is 0 Å². The predicted molar refractivity (Wildman–Crippen MR) is 76.7 cm³/mol. The molecule has 2 N–H and O–H groups in total. The molecule has 2 aromatic rings. The van der Waals surface area contributed by atoms with Gasteiger partial charge in [0.2, 0.25) is 0 Å². The molecule has 112 valence electrons. The minimum atomic E-state index is -0.773. The fourth-order valence-electron chi connectivity index (χ4n) is 2.08. The monoisotopic (exact) mass is 292 g/mol. The minimum Gasteiger partial charge on any atom is -0.389 e. The Morgan fingerprint density at radius 3 is 2.95 bits per heavy atom. The van der Waals surface area contributed by atoms with Crippen LogP contribution in [0.5, 0.6) is 0 Å². The molecule has 0 spiro atoms. The third-order valence-electron chi connectivity index (χ3n) is 3.00. The highest BCUT2D eigenvalue weighted by Gasteiger charge is 2.14. The molecule has 0 radical (unpaired) electrons. The molecule has 0 aliphatic rings. The van der Waals surface area contributed by atoms with Crippen LogP contribution in [0, 0.1) is 12.7 Å². The van der Waals surface area contributed by atoms with E-state index in [0.717, 1.165) is 0 Å². The van der Waals surface area contributed by atoms with Crippen molar-refractivity contribution in [3.8, 4) is 0 Å². The van der Waals surface area contributed by atoms with Gasteiger partial charge in [0.1, 0.15) is 5.82 Å². The fourth-order valence-corrected chi connectivity index (χ4v) is 2.08. The molecule has 0 bridgehead atoms. The number of aliphatic hydroxyl groups is 1. The average Bonchev–Trinajstić information content (AvgIpc) is 2.43. The van der Waals surface area contributed by atoms with Gasteiger partial charge in [0, 0.05) is 30.8 Å². The van der Waals surface area contributed by atoms with Crippen molar-refractivity contribution in [1.82, 2.24) is 10.3 Å². The first-order chi connectivity index (χ1) is 10.0. The van der Waals surface area contributed by atoms with Crippen molar-refractivity contribution in [3.63, 3.8) is 0 Å². The van der Waals surface area contributed by atoms with Gasteiger partial charge in [-0.15, -0.1) is 0 Å². The van der Waals surface area contributed by atoms with Gasteiger partial charge in [-0.2, -0.15) is 0 Å². The van der Waals surface area contributed by atoms with Gasteiger partial charge >= 0.3 is 0 Å². The highest BCUT2D eigenvalue weighted by Crippen LogP contribution is 2.19. The van der Waals surface area contributed by atoms with E-state index in [4.69, 9.17) is 4.74 Å². The second-order valence-corrected chi connectivity index (χ2v) is 4.79. The number of methoxy groups -OCH3 is 1. The number of hydrogen-bond donors (Lipinski definition) is 2. The Hall–Kier alpha value is -2.05. The summed E-state index contributed by atoms with van der Waals surface area (Å²) in [6, 6.07) is 5.74. The molecule has 1 atom stereocenters. The van der Waals surface area contributed by atoms with Gasteiger partial charge in [0.05, 0.1) is 23.8 Å². The van der Waals surface area contributed by atoms with Gasteiger partial charge in [0.15, 0.2) is 0 Å². The fraction of sp³-hybridized carbons (Fsp3) is 0.333. The van der Waals surface area contributed by atoms with E-state index in [1.54, 1.807) is 13.0 Å². The van der Waals surface area contributed by atoms with Gasteiger partial charge < -0.3 is 15.2 Å². The van der Waals surface area contributed by atoms with Crippen molar-refractivity contribution in [2.75, 3.05) is 20.3 Å². The molecule has 0 aliphatic heterocycles. The number of halogens is 1. The Kier molecular flexibility index (Phi) is 4.82. The number of rotatable bonds is 5. The van der Waals surface area contributed by atoms with Crippen LogP contribution in [0.3, 0.4) is 0 Å². The summed E-state index contributed by atoms with van der Waals surface area (Å²) in [5, 5.41) is 12.7. The van der Waals surface area contributed by atoms with Crippen LogP contribution in [-0.2, 0) is 4.74 Å². The molecule has 1 amide bonds. The molecule has 1 aromatic heterocycles. The van der Waals surface area contributed by atoms with Crippen LogP contribution < -0.4 is 5.32 Å². The number of hydrogen-bond acceptors (Lipinski definition) is 4. The SMILES string of the molecule is COCC(O)CNC(=O)c1cc(C)nc2cc(F)ccc12. The standard InChI is InChI=1S/C15H17FN2O3/c1-9-5-13(15(20)17-7-11(19)8-21-2)12-4-3-10(16)6-14(12)18-9/h3-6,11,19H,7-8H2,1-2H3,(H,17,20). The zero-order valence-corrected chi connectivity index (χ0v) is 11.9. The van der Waals surface area contributed by atoms with E-state index in [1.165, 1.54) is 25.3 Å². The Morgan fingerprint density at radius 2 is 2.24 bits per heavy atom. The normalized spacial score (nSPS) is 12.4. The molecule has 1 unspecified atom stereocenters. The van der Waals surface area contributed by atoms with Crippen LogP contribution >= 0.6 is 0 Å². The lowest BCUT2D eigenvalue weighted by atomic mass is 10.1. The first kappa shape index (κ1) is 15.3. The molecule has 2 rings (SSSR count). The maximum absolute atomic E-state index is 13.3. The summed E-state index contributed by atoms with van der Waals surface area (Å²) in [4.78, 5) is 16.4. The van der Waals surface area contributed by atoms with Gasteiger partial charge in [-0.05, 0) is 25.1 Å². The number of pyridine rings is 1. The van der Waals surface area contributed by atoms with E-state index in [9.17, 15) is 14.3 Å². The van der Waals surface area contributed by atoms with Crippen molar-refractivity contribution in [2.45, 2.75) is 13.0 Å². The number of carbonyl (C=O) groups is 1. The Labute approximate surface area is 121 Å². The lowest BCUT2D eigenvalue weighted by Crippen LogP contribution is -2.34. The predicted octanol–water partition coefficient (Wildman–Crippen LogP) is 1.42. The number of benzene rings is 1. The Balaban J connectivity index is 2.26. The lowest BCUT2D eigenvalue weighted by molar-refractivity contribution is 0.0610. The quantitative estimate of drug-likeness (QED) is 0.874. The van der Waals surface area contributed by atoms with E-state index in [2.05, 4.69) is 10.3 Å². The molecule has 0 saturated heterocycles. The first-order valence-corrected chi connectivity index (χ1v) is 6.53. The smallest absolute Gasteiger partial charge is 0.252 e. The molecule has 6 heteroatoms. The van der Waals surface area contributed by atoms with Crippen molar-refractivity contribution in [3.05, 3.63) is 41.3 Å². The molecule has 21 heavy (non-hydrogen) atoms. The molecular formula is C15H17FN2O3. The highest BCUT2D eigenvalue weighted by atomic mass is 19.1. The first-order valence-electron chi connectivity index (χ1n) is 6.53. The number of amides is 1. The largest absolute Gasteiger partial charge is 0.389 e. The maximum Gasteiger partial charge on any atom is 0.252 e. The maximum atomic E-state index is 13.3. The summed E-state index contributed by atoms with van der Waals surface area (Å²) in [6.45, 7) is 1.96. The van der Waals surface area contributed by atoms with Crippen molar-refractivity contribution in [2.24, 2.45) is 0 Å². The lowest BCUT2D eigenvalue weighted by Gasteiger charge is -2.12. The van der Waals surface area contributed by atoms with Gasteiger partial charge in [-0.25, -0.2) is 4.39 Å². The van der Waals surface area contributed by atoms with Crippen LogP contribution in [0.2, 0.25) is 0 Å². The molecule has 1 aromatic carbocycles. The molecule has 0 aliphatic carbocycles. The van der Waals surface area contributed by atoms with Crippen molar-refractivity contribution >= 4 is 16.8 Å². The van der Waals surface area contributed by atoms with Crippen LogP contribution in [0.15, 0.2) is 24.3 Å². The summed E-state index contributed by atoms with van der Waals surface area (Å²) in [6.07, 6.45) is -0.773. The van der Waals surface area contributed by atoms with E-state index in [0.29, 0.717) is 22.2 Å². The number of nitrogens with one attached hydrogen (secondary N) is 1. The summed E-state index contributed by atoms with van der Waals surface area (Å²) in [5.74, 6) is -0.741. The molecule has 0 saturated carbocycles. The van der Waals surface area contributed by atoms with Crippen LogP contribution in [0.4, 0.5) is 4.39 Å². The number of nitrogens with zero attached hydrogens (tertiary/aromatic N) is 1. The van der Waals surface area contributed by atoms with Crippen molar-refractivity contribution in [1.29, 1.82) is 0 Å². The number of aromatic nitrogens is 1. The number of ether oxygens (including phenoxy) is 1. The molecular weight excluding hydrogens is 275 g/mol. The van der Waals surface area contributed by atoms with Gasteiger partial charge in [0.25, 0.3) is 5.91 Å². The number of aliphatic hydroxyl groups excluding tert-OH is 1. The number of fused-ring (bicyclic) bond motifs is 1. The second-order valence-electron chi connectivity index (χ2n) is 4.79. The second kappa shape index (κ2) is 6.60. The summed E-state index contributed by atoms with van der Waals surface area (Å²) in [7, 11) is 1.47. The van der Waals surface area contributed by atoms with E-state index in [-0.39, 0.29) is 19.1 Å². The summed E-state index contributed by atoms with van der Waals surface area (Å²) in [5.41, 5.74) is 1.45. The van der Waals surface area contributed by atoms with E-state index in [1.807, 2.05) is 0 Å². The highest BCUT2D eigenvalue weighted by molar-refractivity contribution is 6.06. The van der Waals surface area contributed by atoms with Crippen molar-refractivity contribution < 1.29 is 19.0 Å². The Bertz CT molecular complexity index is 655. The molecule has 1 heterocycles. The minimum absolute atomic E-state index is 0.0801. The molecule has 5 nitrogen and oxygen atoms in total. The summed E-state index contributed by atoms with van der Waals surface area (Å²) >= 11 is 0. The van der Waals surface area contributed by atoms with Gasteiger partial charge in [-0.3, -0.25) is 9.78 Å². The third kappa shape index (κ3) is 3.74. The topological polar surface area (TPSA) is 71.5 Å². The number of aryl methyl sites for hydroxylation is 1. The Morgan fingerprint density at radius 1 is 1.48 bits per heavy atom. The van der Waals surface area contributed by atoms with Crippen LogP contribution in [0.1, 0.15) is 16.1 Å². The summed E-state index contributed by atoms with van der Waals surface area (Å²) < 4.78 is 18.0. The average molecular weight is 292 g/mol. The zero-order chi connectivity index (χ0) is 15.4. The van der Waals surface area contributed by atoms with E-state index >= 15 is 0 Å². The van der Waals surface area contributed by atoms with Crippen LogP contribution in [0.25, 0.3) is 10.9 Å².